The molecule has 1 heterocycles. The Morgan fingerprint density at radius 2 is 1.76 bits per heavy atom. The number of anilines is 1. The van der Waals surface area contributed by atoms with Crippen molar-refractivity contribution < 1.29 is 22.0 Å². The Morgan fingerprint density at radius 3 is 2.41 bits per heavy atom. The third-order valence-corrected chi connectivity index (χ3v) is 8.54. The first kappa shape index (κ1) is 26.5. The van der Waals surface area contributed by atoms with Crippen LogP contribution in [0.2, 0.25) is 5.02 Å². The molecule has 2 aromatic carbocycles. The topological polar surface area (TPSA) is 70.6 Å². The van der Waals surface area contributed by atoms with Gasteiger partial charge in [0.2, 0.25) is 5.91 Å². The summed E-state index contributed by atoms with van der Waals surface area (Å²) in [7, 11) is -3.57. The zero-order chi connectivity index (χ0) is 24.9. The SMILES string of the molecule is CCN(CC)CCN(C(=O)CCCS(=O)(=O)c1ccc(Cl)cc1)c1nc2c(F)cc(F)cc2s1. The maximum atomic E-state index is 14.2. The highest BCUT2D eigenvalue weighted by molar-refractivity contribution is 7.91. The molecule has 3 aromatic rings. The Morgan fingerprint density at radius 1 is 1.09 bits per heavy atom. The lowest BCUT2D eigenvalue weighted by atomic mass is 10.3. The summed E-state index contributed by atoms with van der Waals surface area (Å²) < 4.78 is 53.3. The van der Waals surface area contributed by atoms with Crippen molar-refractivity contribution in [2.24, 2.45) is 0 Å². The number of fused-ring (bicyclic) bond motifs is 1. The Kier molecular flexibility index (Phi) is 8.97. The summed E-state index contributed by atoms with van der Waals surface area (Å²) in [5.41, 5.74) is 0.00681. The average molecular weight is 530 g/mol. The molecule has 0 N–H and O–H groups in total. The maximum Gasteiger partial charge on any atom is 0.228 e. The number of carbonyl (C=O) groups excluding carboxylic acids is 1. The van der Waals surface area contributed by atoms with Crippen molar-refractivity contribution in [3.8, 4) is 0 Å². The number of amides is 1. The van der Waals surface area contributed by atoms with Crippen LogP contribution < -0.4 is 4.90 Å². The minimum absolute atomic E-state index is 0.00681. The molecule has 0 aliphatic rings. The molecule has 0 saturated heterocycles. The van der Waals surface area contributed by atoms with Crippen LogP contribution in [0.5, 0.6) is 0 Å². The van der Waals surface area contributed by atoms with Gasteiger partial charge in [-0.15, -0.1) is 0 Å². The number of benzene rings is 2. The van der Waals surface area contributed by atoms with E-state index in [1.165, 1.54) is 35.2 Å². The second-order valence-electron chi connectivity index (χ2n) is 7.68. The number of thiazole rings is 1. The lowest BCUT2D eigenvalue weighted by molar-refractivity contribution is -0.118. The largest absolute Gasteiger partial charge is 0.302 e. The van der Waals surface area contributed by atoms with Crippen LogP contribution in [0.4, 0.5) is 13.9 Å². The van der Waals surface area contributed by atoms with Crippen LogP contribution in [-0.4, -0.2) is 56.1 Å². The number of sulfone groups is 1. The minimum Gasteiger partial charge on any atom is -0.302 e. The molecule has 1 aromatic heterocycles. The second-order valence-corrected chi connectivity index (χ2v) is 11.2. The fraction of sp³-hybridized carbons (Fsp3) is 0.391. The van der Waals surface area contributed by atoms with Crippen molar-refractivity contribution in [1.82, 2.24) is 9.88 Å². The van der Waals surface area contributed by atoms with E-state index in [-0.39, 0.29) is 40.0 Å². The van der Waals surface area contributed by atoms with Gasteiger partial charge in [-0.1, -0.05) is 36.8 Å². The molecule has 6 nitrogen and oxygen atoms in total. The third kappa shape index (κ3) is 6.50. The molecule has 0 bridgehead atoms. The van der Waals surface area contributed by atoms with Crippen LogP contribution in [0.25, 0.3) is 10.2 Å². The van der Waals surface area contributed by atoms with Crippen LogP contribution in [-0.2, 0) is 14.6 Å². The van der Waals surface area contributed by atoms with E-state index in [2.05, 4.69) is 9.88 Å². The van der Waals surface area contributed by atoms with Gasteiger partial charge in [0.05, 0.1) is 15.3 Å². The van der Waals surface area contributed by atoms with E-state index in [0.29, 0.717) is 22.8 Å². The molecule has 0 unspecified atom stereocenters. The van der Waals surface area contributed by atoms with Crippen molar-refractivity contribution >= 4 is 54.0 Å². The molecule has 0 aliphatic heterocycles. The van der Waals surface area contributed by atoms with Crippen molar-refractivity contribution in [1.29, 1.82) is 0 Å². The van der Waals surface area contributed by atoms with Crippen molar-refractivity contribution in [3.63, 3.8) is 0 Å². The molecule has 0 spiro atoms. The number of hydrogen-bond donors (Lipinski definition) is 0. The van der Waals surface area contributed by atoms with Crippen LogP contribution in [0.1, 0.15) is 26.7 Å². The first-order valence-corrected chi connectivity index (χ1v) is 13.8. The van der Waals surface area contributed by atoms with E-state index < -0.39 is 21.5 Å². The molecule has 0 aliphatic carbocycles. The van der Waals surface area contributed by atoms with E-state index in [9.17, 15) is 22.0 Å². The highest BCUT2D eigenvalue weighted by atomic mass is 35.5. The Bertz CT molecular complexity index is 1250. The predicted molar refractivity (Wildman–Crippen MR) is 132 cm³/mol. The van der Waals surface area contributed by atoms with Gasteiger partial charge in [-0.05, 0) is 49.8 Å². The Hall–Kier alpha value is -2.14. The van der Waals surface area contributed by atoms with Gasteiger partial charge in [-0.3, -0.25) is 9.69 Å². The number of aromatic nitrogens is 1. The molecule has 1 amide bonds. The molecule has 11 heteroatoms. The molecule has 34 heavy (non-hydrogen) atoms. The number of carbonyl (C=O) groups is 1. The minimum atomic E-state index is -3.57. The van der Waals surface area contributed by atoms with Crippen LogP contribution in [0.15, 0.2) is 41.3 Å². The van der Waals surface area contributed by atoms with Gasteiger partial charge in [-0.25, -0.2) is 22.2 Å². The lowest BCUT2D eigenvalue weighted by Gasteiger charge is -2.24. The zero-order valence-electron chi connectivity index (χ0n) is 18.9. The zero-order valence-corrected chi connectivity index (χ0v) is 21.3. The summed E-state index contributed by atoms with van der Waals surface area (Å²) in [6, 6.07) is 7.82. The third-order valence-electron chi connectivity index (χ3n) is 5.44. The van der Waals surface area contributed by atoms with Crippen molar-refractivity contribution in [3.05, 3.63) is 53.1 Å². The monoisotopic (exact) mass is 529 g/mol. The fourth-order valence-electron chi connectivity index (χ4n) is 3.48. The quantitative estimate of drug-likeness (QED) is 0.343. The van der Waals surface area contributed by atoms with Crippen LogP contribution >= 0.6 is 22.9 Å². The number of nitrogens with zero attached hydrogens (tertiary/aromatic N) is 3. The maximum absolute atomic E-state index is 14.2. The number of likely N-dealkylation sites (N-methyl/N-ethyl adjacent to an activating group) is 1. The summed E-state index contributed by atoms with van der Waals surface area (Å²) >= 11 is 6.85. The fourth-order valence-corrected chi connectivity index (χ4v) is 5.96. The molecule has 0 fully saturated rings. The van der Waals surface area contributed by atoms with E-state index in [1.54, 1.807) is 0 Å². The summed E-state index contributed by atoms with van der Waals surface area (Å²) in [6.07, 6.45) is 0.0806. The molecule has 0 radical (unpaired) electrons. The number of hydrogen-bond acceptors (Lipinski definition) is 6. The Balaban J connectivity index is 1.77. The molecule has 0 saturated carbocycles. The molecular formula is C23H26ClF2N3O3S2. The molecule has 0 atom stereocenters. The molecule has 3 rings (SSSR count). The second kappa shape index (κ2) is 11.5. The van der Waals surface area contributed by atoms with Gasteiger partial charge in [0.15, 0.2) is 20.8 Å². The predicted octanol–water partition coefficient (Wildman–Crippen LogP) is 5.16. The van der Waals surface area contributed by atoms with Gasteiger partial charge >= 0.3 is 0 Å². The summed E-state index contributed by atoms with van der Waals surface area (Å²) in [5, 5.41) is 0.697. The molecular weight excluding hydrogens is 504 g/mol. The summed E-state index contributed by atoms with van der Waals surface area (Å²) in [4.78, 5) is 21.1. The average Bonchev–Trinajstić information content (AvgIpc) is 3.21. The van der Waals surface area contributed by atoms with Crippen molar-refractivity contribution in [2.75, 3.05) is 36.8 Å². The van der Waals surface area contributed by atoms with Gasteiger partial charge in [-0.2, -0.15) is 0 Å². The van der Waals surface area contributed by atoms with Crippen LogP contribution in [0, 0.1) is 11.6 Å². The normalized spacial score (nSPS) is 11.9. The van der Waals surface area contributed by atoms with Gasteiger partial charge < -0.3 is 4.90 Å². The van der Waals surface area contributed by atoms with Gasteiger partial charge in [0, 0.05) is 30.6 Å². The molecule has 184 valence electrons. The van der Waals surface area contributed by atoms with E-state index in [1.807, 2.05) is 13.8 Å². The number of rotatable bonds is 11. The smallest absolute Gasteiger partial charge is 0.228 e. The summed E-state index contributed by atoms with van der Waals surface area (Å²) in [6.45, 7) is 6.46. The number of halogens is 3. The highest BCUT2D eigenvalue weighted by Gasteiger charge is 2.23. The van der Waals surface area contributed by atoms with E-state index >= 15 is 0 Å². The highest BCUT2D eigenvalue weighted by Crippen LogP contribution is 2.31. The van der Waals surface area contributed by atoms with Crippen molar-refractivity contribution in [2.45, 2.75) is 31.6 Å². The Labute approximate surface area is 207 Å². The first-order chi connectivity index (χ1) is 16.1. The van der Waals surface area contributed by atoms with E-state index in [0.717, 1.165) is 30.5 Å². The lowest BCUT2D eigenvalue weighted by Crippen LogP contribution is -2.38. The summed E-state index contributed by atoms with van der Waals surface area (Å²) in [5.74, 6) is -2.03. The van der Waals surface area contributed by atoms with Crippen LogP contribution in [0.3, 0.4) is 0 Å². The van der Waals surface area contributed by atoms with Gasteiger partial charge in [0.1, 0.15) is 11.3 Å². The first-order valence-electron chi connectivity index (χ1n) is 10.9. The van der Waals surface area contributed by atoms with Gasteiger partial charge in [0.25, 0.3) is 0 Å². The standard InChI is InChI=1S/C23H26ClF2N3O3S2/c1-3-28(4-2)11-12-29(23-27-22-19(26)14-17(25)15-20(22)33-23)21(30)6-5-13-34(31,32)18-9-7-16(24)8-10-18/h7-10,14-15H,3-6,11-13H2,1-2H3. The van der Waals surface area contributed by atoms with E-state index in [4.69, 9.17) is 11.6 Å².